The van der Waals surface area contributed by atoms with Crippen LogP contribution in [0.15, 0.2) is 22.7 Å². The number of carbonyl (C=O) groups excluding carboxylic acids is 1. The van der Waals surface area contributed by atoms with Gasteiger partial charge in [0.05, 0.1) is 15.1 Å². The van der Waals surface area contributed by atoms with Crippen molar-refractivity contribution < 1.29 is 24.6 Å². The van der Waals surface area contributed by atoms with Crippen LogP contribution in [0.2, 0.25) is 0 Å². The first-order chi connectivity index (χ1) is 13.6. The van der Waals surface area contributed by atoms with Gasteiger partial charge in [0.2, 0.25) is 0 Å². The molecule has 0 atom stereocenters. The third kappa shape index (κ3) is 4.10. The number of carbonyl (C=O) groups is 1. The molecule has 1 aliphatic heterocycles. The number of piperazine rings is 1. The van der Waals surface area contributed by atoms with Gasteiger partial charge >= 0.3 is 6.09 Å². The molecule has 6 heteroatoms. The lowest BCUT2D eigenvalue weighted by Crippen LogP contribution is -2.50. The lowest BCUT2D eigenvalue weighted by molar-refractivity contribution is 0.0240. The van der Waals surface area contributed by atoms with Crippen molar-refractivity contribution in [3.63, 3.8) is 0 Å². The van der Waals surface area contributed by atoms with Gasteiger partial charge in [0.25, 0.3) is 0 Å². The van der Waals surface area contributed by atoms with E-state index in [4.69, 9.17) is 19.8 Å². The van der Waals surface area contributed by atoms with Crippen molar-refractivity contribution in [1.82, 2.24) is 9.88 Å². The molecule has 0 aromatic carbocycles. The fraction of sp³-hybridized carbons (Fsp3) is 0.571. The first kappa shape index (κ1) is 6.22. The second kappa shape index (κ2) is 5.99. The Kier molecular flexibility index (Phi) is 1.86. The summed E-state index contributed by atoms with van der Waals surface area (Å²) < 4.78 is 94.4. The van der Waals surface area contributed by atoms with Crippen LogP contribution in [0.25, 0.3) is 0 Å². The molecule has 0 bridgehead atoms. The Morgan fingerprint density at radius 1 is 1.40 bits per heavy atom. The Bertz CT molecular complexity index is 892. The first-order valence-electron chi connectivity index (χ1n) is 11.1. The highest BCUT2D eigenvalue weighted by Gasteiger charge is 2.26. The molecule has 1 aromatic heterocycles. The van der Waals surface area contributed by atoms with Crippen molar-refractivity contribution in [1.29, 1.82) is 0 Å². The van der Waals surface area contributed by atoms with E-state index in [-0.39, 0.29) is 14.4 Å². The molecule has 1 saturated heterocycles. The van der Waals surface area contributed by atoms with Crippen LogP contribution in [0.4, 0.5) is 10.6 Å². The normalized spacial score (nSPS) is 34.3. The van der Waals surface area contributed by atoms with E-state index in [1.54, 1.807) is 0 Å². The van der Waals surface area contributed by atoms with Gasteiger partial charge in [0.1, 0.15) is 16.0 Å². The molecule has 1 amide bonds. The summed E-state index contributed by atoms with van der Waals surface area (Å²) in [7, 11) is 0. The maximum atomic E-state index is 12.6. The van der Waals surface area contributed by atoms with Gasteiger partial charge in [-0.05, 0) is 48.8 Å². The number of halogens is 1. The minimum Gasteiger partial charge on any atom is -0.444 e. The fourth-order valence-electron chi connectivity index (χ4n) is 1.15. The second-order valence-electron chi connectivity index (χ2n) is 4.70. The molecule has 110 valence electrons. The molecule has 0 saturated carbocycles. The highest BCUT2D eigenvalue weighted by Crippen LogP contribution is 2.18. The second-order valence-corrected chi connectivity index (χ2v) is 5.45. The summed E-state index contributed by atoms with van der Waals surface area (Å²) in [6, 6.07) is -2.23. The zero-order chi connectivity index (χ0) is 24.5. The van der Waals surface area contributed by atoms with Gasteiger partial charge in [0, 0.05) is 26.0 Å². The predicted octanol–water partition coefficient (Wildman–Crippen LogP) is 2.90. The molecule has 0 N–H and O–H groups in total. The number of ether oxygens (including phenoxy) is 1. The molecule has 0 spiro atoms. The van der Waals surface area contributed by atoms with E-state index in [0.717, 1.165) is 0 Å². The van der Waals surface area contributed by atoms with Crippen LogP contribution in [0, 0.1) is 0 Å². The van der Waals surface area contributed by atoms with E-state index >= 15 is 0 Å². The lowest BCUT2D eigenvalue weighted by atomic mass is 10.2. The molecule has 20 heavy (non-hydrogen) atoms. The van der Waals surface area contributed by atoms with Crippen LogP contribution < -0.4 is 4.90 Å². The molecule has 1 aromatic rings. The number of hydrogen-bond donors (Lipinski definition) is 0. The molecule has 0 aliphatic carbocycles. The molecule has 0 radical (unpaired) electrons. The van der Waals surface area contributed by atoms with Crippen molar-refractivity contribution in [2.45, 2.75) is 26.4 Å². The average molecular weight is 353 g/mol. The van der Waals surface area contributed by atoms with Crippen LogP contribution in [0.1, 0.15) is 35.8 Å². The first-order valence-corrected chi connectivity index (χ1v) is 6.38. The van der Waals surface area contributed by atoms with Crippen LogP contribution in [-0.2, 0) is 4.74 Å². The van der Waals surface area contributed by atoms with E-state index in [1.165, 1.54) is 20.8 Å². The van der Waals surface area contributed by atoms with Crippen molar-refractivity contribution >= 4 is 27.8 Å². The SMILES string of the molecule is [2H]c1c(Br)nc(N2C([2H])([2H])C([2H])([2H])N(C(=O)OC(C)(C)C)C([2H])([2H])C2([2H])[2H])c([2H])c1[2H]. The Morgan fingerprint density at radius 2 is 2.05 bits per heavy atom. The quantitative estimate of drug-likeness (QED) is 0.729. The topological polar surface area (TPSA) is 45.7 Å². The molecular formula is C14H20BrN3O2. The zero-order valence-electron chi connectivity index (χ0n) is 22.0. The van der Waals surface area contributed by atoms with E-state index < -0.39 is 61.6 Å². The Labute approximate surface area is 143 Å². The highest BCUT2D eigenvalue weighted by atomic mass is 79.9. The predicted molar refractivity (Wildman–Crippen MR) is 82.0 cm³/mol. The summed E-state index contributed by atoms with van der Waals surface area (Å²) in [5, 5.41) is 0. The number of aromatic nitrogens is 1. The van der Waals surface area contributed by atoms with Gasteiger partial charge in [-0.1, -0.05) is 6.04 Å². The summed E-state index contributed by atoms with van der Waals surface area (Å²) in [5.74, 6) is -0.917. The molecule has 0 unspecified atom stereocenters. The average Bonchev–Trinajstić information content (AvgIpc) is 2.53. The van der Waals surface area contributed by atoms with Gasteiger partial charge in [-0.25, -0.2) is 9.78 Å². The molecule has 1 aliphatic rings. The van der Waals surface area contributed by atoms with Crippen LogP contribution >= 0.6 is 15.9 Å². The number of nitrogens with zero attached hydrogens (tertiary/aromatic N) is 3. The van der Waals surface area contributed by atoms with Crippen molar-refractivity contribution in [2.24, 2.45) is 0 Å². The number of anilines is 1. The Morgan fingerprint density at radius 3 is 2.65 bits per heavy atom. The number of rotatable bonds is 1. The summed E-state index contributed by atoms with van der Waals surface area (Å²) in [5.41, 5.74) is -1.22. The minimum atomic E-state index is -3.52. The summed E-state index contributed by atoms with van der Waals surface area (Å²) >= 11 is 2.85. The summed E-state index contributed by atoms with van der Waals surface area (Å²) in [6.07, 6.45) is -1.63. The standard InChI is InChI=1S/C14H20BrN3O2/c1-14(2,3)20-13(19)18-9-7-17(8-10-18)12-6-4-5-11(15)16-12/h4-6H,7-10H2,1-3H3/i4D,5D,6D,7D2,8D2,9D2,10D2. The summed E-state index contributed by atoms with van der Waals surface area (Å²) in [4.78, 5) is 16.0. The van der Waals surface area contributed by atoms with E-state index in [1.807, 2.05) is 0 Å². The third-order valence-corrected chi connectivity index (χ3v) is 2.25. The maximum Gasteiger partial charge on any atom is 0.410 e. The van der Waals surface area contributed by atoms with E-state index in [2.05, 4.69) is 20.9 Å². The van der Waals surface area contributed by atoms with Gasteiger partial charge in [-0.3, -0.25) is 0 Å². The Balaban J connectivity index is 2.82. The Hall–Kier alpha value is -1.30. The number of pyridine rings is 1. The third-order valence-electron chi connectivity index (χ3n) is 1.88. The molecule has 2 rings (SSSR count). The lowest BCUT2D eigenvalue weighted by Gasteiger charge is -2.36. The number of hydrogen-bond acceptors (Lipinski definition) is 4. The van der Waals surface area contributed by atoms with E-state index in [0.29, 0.717) is 0 Å². The zero-order valence-corrected chi connectivity index (χ0v) is 12.6. The minimum absolute atomic E-state index is 0.0502. The van der Waals surface area contributed by atoms with Crippen LogP contribution in [0.3, 0.4) is 0 Å². The monoisotopic (exact) mass is 352 g/mol. The van der Waals surface area contributed by atoms with Crippen molar-refractivity contribution in [3.05, 3.63) is 22.7 Å². The van der Waals surface area contributed by atoms with Gasteiger partial charge in [-0.15, -0.1) is 0 Å². The van der Waals surface area contributed by atoms with Gasteiger partial charge in [-0.2, -0.15) is 0 Å². The fourth-order valence-corrected chi connectivity index (χ4v) is 1.42. The highest BCUT2D eigenvalue weighted by molar-refractivity contribution is 9.10. The van der Waals surface area contributed by atoms with Crippen molar-refractivity contribution in [2.75, 3.05) is 30.9 Å². The van der Waals surface area contributed by atoms with Crippen LogP contribution in [0.5, 0.6) is 0 Å². The van der Waals surface area contributed by atoms with E-state index in [9.17, 15) is 4.79 Å². The molecule has 5 nitrogen and oxygen atoms in total. The van der Waals surface area contributed by atoms with Gasteiger partial charge < -0.3 is 14.5 Å². The summed E-state index contributed by atoms with van der Waals surface area (Å²) in [6.45, 7) is -9.76. The number of amides is 1. The van der Waals surface area contributed by atoms with Crippen molar-refractivity contribution in [3.8, 4) is 0 Å². The molecular weight excluding hydrogens is 322 g/mol. The van der Waals surface area contributed by atoms with Crippen LogP contribution in [-0.4, -0.2) is 47.6 Å². The largest absolute Gasteiger partial charge is 0.444 e. The molecule has 1 fully saturated rings. The molecule has 2 heterocycles. The van der Waals surface area contributed by atoms with Gasteiger partial charge in [0.15, 0.2) is 0 Å². The smallest absolute Gasteiger partial charge is 0.410 e. The maximum absolute atomic E-state index is 12.6.